The summed E-state index contributed by atoms with van der Waals surface area (Å²) in [6.45, 7) is 1.36. The minimum atomic E-state index is -0.745. The van der Waals surface area contributed by atoms with Gasteiger partial charge < -0.3 is 15.2 Å². The maximum atomic E-state index is 12.2. The van der Waals surface area contributed by atoms with Crippen LogP contribution >= 0.6 is 0 Å². The van der Waals surface area contributed by atoms with E-state index >= 15 is 0 Å². The van der Waals surface area contributed by atoms with Crippen LogP contribution in [0.1, 0.15) is 27.0 Å². The molecule has 0 radical (unpaired) electrons. The predicted octanol–water partition coefficient (Wildman–Crippen LogP) is 4.09. The molecule has 0 unspecified atom stereocenters. The van der Waals surface area contributed by atoms with Crippen LogP contribution in [-0.4, -0.2) is 23.6 Å². The molecule has 0 atom stereocenters. The van der Waals surface area contributed by atoms with E-state index in [-0.39, 0.29) is 11.3 Å². The highest BCUT2D eigenvalue weighted by molar-refractivity contribution is 5.97. The molecule has 5 nitrogen and oxygen atoms in total. The van der Waals surface area contributed by atoms with Gasteiger partial charge in [0.25, 0.3) is 5.91 Å². The monoisotopic (exact) mass is 375 g/mol. The van der Waals surface area contributed by atoms with Crippen molar-refractivity contribution in [1.29, 1.82) is 0 Å². The average Bonchev–Trinajstić information content (AvgIpc) is 2.68. The van der Waals surface area contributed by atoms with Gasteiger partial charge in [0.15, 0.2) is 6.61 Å². The minimum Gasteiger partial charge on any atom is -0.507 e. The van der Waals surface area contributed by atoms with Gasteiger partial charge in [0, 0.05) is 5.69 Å². The zero-order chi connectivity index (χ0) is 19.9. The normalized spacial score (nSPS) is 10.3. The molecule has 0 aromatic heterocycles. The van der Waals surface area contributed by atoms with E-state index in [4.69, 9.17) is 4.74 Å². The Hall–Kier alpha value is -3.60. The highest BCUT2D eigenvalue weighted by atomic mass is 16.5. The van der Waals surface area contributed by atoms with E-state index in [1.165, 1.54) is 12.1 Å². The van der Waals surface area contributed by atoms with E-state index in [2.05, 4.69) is 5.32 Å². The molecule has 3 aromatic rings. The predicted molar refractivity (Wildman–Crippen MR) is 107 cm³/mol. The first-order valence-electron chi connectivity index (χ1n) is 8.91. The van der Waals surface area contributed by atoms with Crippen molar-refractivity contribution in [1.82, 2.24) is 0 Å². The number of amides is 1. The Labute approximate surface area is 163 Å². The Morgan fingerprint density at radius 2 is 1.68 bits per heavy atom. The van der Waals surface area contributed by atoms with Gasteiger partial charge in [0.05, 0.1) is 0 Å². The average molecular weight is 375 g/mol. The Bertz CT molecular complexity index is 983. The molecule has 0 aliphatic carbocycles. The van der Waals surface area contributed by atoms with Crippen molar-refractivity contribution < 1.29 is 19.4 Å². The number of ether oxygens (including phenoxy) is 1. The molecular weight excluding hydrogens is 354 g/mol. The number of nitrogens with one attached hydrogen (secondary N) is 1. The van der Waals surface area contributed by atoms with Gasteiger partial charge in [-0.05, 0) is 48.2 Å². The zero-order valence-corrected chi connectivity index (χ0v) is 15.5. The lowest BCUT2D eigenvalue weighted by Crippen LogP contribution is -2.21. The van der Waals surface area contributed by atoms with Gasteiger partial charge in [-0.25, -0.2) is 4.79 Å². The number of phenolic OH excluding ortho intramolecular Hbond substituents is 1. The molecule has 3 rings (SSSR count). The fourth-order valence-electron chi connectivity index (χ4n) is 2.82. The van der Waals surface area contributed by atoms with Gasteiger partial charge in [0.2, 0.25) is 0 Å². The van der Waals surface area contributed by atoms with E-state index in [9.17, 15) is 14.7 Å². The number of benzene rings is 3. The van der Waals surface area contributed by atoms with Gasteiger partial charge in [-0.1, -0.05) is 54.6 Å². The number of hydrogen-bond acceptors (Lipinski definition) is 4. The number of phenols is 1. The minimum absolute atomic E-state index is 0.0304. The lowest BCUT2D eigenvalue weighted by atomic mass is 10.0. The van der Waals surface area contributed by atoms with Crippen LogP contribution < -0.4 is 5.32 Å². The second-order valence-electron chi connectivity index (χ2n) is 6.46. The van der Waals surface area contributed by atoms with Crippen LogP contribution in [0.2, 0.25) is 0 Å². The highest BCUT2D eigenvalue weighted by Crippen LogP contribution is 2.20. The molecule has 0 bridgehead atoms. The number of hydrogen-bond donors (Lipinski definition) is 2. The van der Waals surface area contributed by atoms with Crippen LogP contribution in [0.4, 0.5) is 5.69 Å². The molecule has 2 N–H and O–H groups in total. The number of esters is 1. The van der Waals surface area contributed by atoms with Crippen molar-refractivity contribution in [3.63, 3.8) is 0 Å². The number of carbonyl (C=O) groups is 2. The molecule has 0 spiro atoms. The SMILES string of the molecule is Cc1ccc(C(=O)OCC(=O)Nc2ccccc2Cc2ccccc2)c(O)c1. The van der Waals surface area contributed by atoms with E-state index in [0.717, 1.165) is 16.7 Å². The number of carbonyl (C=O) groups excluding carboxylic acids is 2. The summed E-state index contributed by atoms with van der Waals surface area (Å²) in [5, 5.41) is 12.6. The van der Waals surface area contributed by atoms with Crippen molar-refractivity contribution in [3.05, 3.63) is 95.1 Å². The third-order valence-electron chi connectivity index (χ3n) is 4.24. The highest BCUT2D eigenvalue weighted by Gasteiger charge is 2.15. The lowest BCUT2D eigenvalue weighted by Gasteiger charge is -2.12. The second kappa shape index (κ2) is 8.86. The summed E-state index contributed by atoms with van der Waals surface area (Å²) in [5.41, 5.74) is 3.62. The summed E-state index contributed by atoms with van der Waals surface area (Å²) in [7, 11) is 0. The fraction of sp³-hybridized carbons (Fsp3) is 0.130. The third kappa shape index (κ3) is 4.98. The van der Waals surface area contributed by atoms with Crippen LogP contribution in [0, 0.1) is 6.92 Å². The van der Waals surface area contributed by atoms with Gasteiger partial charge in [-0.2, -0.15) is 0 Å². The summed E-state index contributed by atoms with van der Waals surface area (Å²) < 4.78 is 5.03. The maximum absolute atomic E-state index is 12.2. The molecule has 0 saturated carbocycles. The second-order valence-corrected chi connectivity index (χ2v) is 6.46. The van der Waals surface area contributed by atoms with E-state index in [1.54, 1.807) is 13.0 Å². The molecule has 1 amide bonds. The summed E-state index contributed by atoms with van der Waals surface area (Å²) in [5.74, 6) is -1.36. The van der Waals surface area contributed by atoms with Crippen LogP contribution in [0.3, 0.4) is 0 Å². The number of para-hydroxylation sites is 1. The van der Waals surface area contributed by atoms with Gasteiger partial charge >= 0.3 is 5.97 Å². The largest absolute Gasteiger partial charge is 0.507 e. The quantitative estimate of drug-likeness (QED) is 0.637. The Kier molecular flexibility index (Phi) is 6.07. The molecular formula is C23H21NO4. The van der Waals surface area contributed by atoms with Crippen molar-refractivity contribution in [3.8, 4) is 5.75 Å². The van der Waals surface area contributed by atoms with Crippen LogP contribution in [0.15, 0.2) is 72.8 Å². The van der Waals surface area contributed by atoms with Gasteiger partial charge in [-0.15, -0.1) is 0 Å². The number of aryl methyl sites for hydroxylation is 1. The van der Waals surface area contributed by atoms with Crippen molar-refractivity contribution in [2.45, 2.75) is 13.3 Å². The lowest BCUT2D eigenvalue weighted by molar-refractivity contribution is -0.119. The van der Waals surface area contributed by atoms with E-state index in [0.29, 0.717) is 12.1 Å². The molecule has 28 heavy (non-hydrogen) atoms. The molecule has 3 aromatic carbocycles. The standard InChI is InChI=1S/C23H21NO4/c1-16-11-12-19(21(25)13-16)23(27)28-15-22(26)24-20-10-6-5-9-18(20)14-17-7-3-2-4-8-17/h2-13,25H,14-15H2,1H3,(H,24,26). The summed E-state index contributed by atoms with van der Waals surface area (Å²) in [4.78, 5) is 24.3. The Morgan fingerprint density at radius 3 is 2.43 bits per heavy atom. The fourth-order valence-corrected chi connectivity index (χ4v) is 2.82. The topological polar surface area (TPSA) is 75.6 Å². The summed E-state index contributed by atoms with van der Waals surface area (Å²) in [6, 6.07) is 22.1. The Balaban J connectivity index is 1.61. The molecule has 0 aliphatic rings. The maximum Gasteiger partial charge on any atom is 0.342 e. The van der Waals surface area contributed by atoms with Crippen LogP contribution in [-0.2, 0) is 16.0 Å². The zero-order valence-electron chi connectivity index (χ0n) is 15.5. The van der Waals surface area contributed by atoms with Crippen molar-refractivity contribution in [2.75, 3.05) is 11.9 Å². The van der Waals surface area contributed by atoms with Crippen molar-refractivity contribution in [2.24, 2.45) is 0 Å². The number of aromatic hydroxyl groups is 1. The van der Waals surface area contributed by atoms with Gasteiger partial charge in [-0.3, -0.25) is 4.79 Å². The van der Waals surface area contributed by atoms with E-state index < -0.39 is 18.5 Å². The molecule has 0 heterocycles. The van der Waals surface area contributed by atoms with Gasteiger partial charge in [0.1, 0.15) is 11.3 Å². The Morgan fingerprint density at radius 1 is 0.964 bits per heavy atom. The molecule has 0 fully saturated rings. The number of rotatable bonds is 6. The van der Waals surface area contributed by atoms with E-state index in [1.807, 2.05) is 54.6 Å². The number of anilines is 1. The molecule has 142 valence electrons. The molecule has 0 saturated heterocycles. The first-order valence-corrected chi connectivity index (χ1v) is 8.91. The summed E-state index contributed by atoms with van der Waals surface area (Å²) >= 11 is 0. The first-order chi connectivity index (χ1) is 13.5. The first kappa shape index (κ1) is 19.2. The molecule has 0 aliphatic heterocycles. The summed E-state index contributed by atoms with van der Waals surface area (Å²) in [6.07, 6.45) is 0.675. The smallest absolute Gasteiger partial charge is 0.342 e. The van der Waals surface area contributed by atoms with Crippen molar-refractivity contribution >= 4 is 17.6 Å². The molecule has 5 heteroatoms. The third-order valence-corrected chi connectivity index (χ3v) is 4.24. The van der Waals surface area contributed by atoms with Crippen LogP contribution in [0.25, 0.3) is 0 Å². The van der Waals surface area contributed by atoms with Crippen LogP contribution in [0.5, 0.6) is 5.75 Å².